The molecule has 0 aliphatic carbocycles. The molecule has 4 rings (SSSR count). The Balaban J connectivity index is 1.98. The second kappa shape index (κ2) is 9.37. The highest BCUT2D eigenvalue weighted by Crippen LogP contribution is 2.30. The van der Waals surface area contributed by atoms with Gasteiger partial charge in [0.05, 0.1) is 4.90 Å². The van der Waals surface area contributed by atoms with Gasteiger partial charge in [0.1, 0.15) is 27.9 Å². The zero-order valence-corrected chi connectivity index (χ0v) is 20.7. The monoisotopic (exact) mass is 505 g/mol. The lowest BCUT2D eigenvalue weighted by Crippen LogP contribution is -2.20. The summed E-state index contributed by atoms with van der Waals surface area (Å²) in [5, 5.41) is 10.1. The summed E-state index contributed by atoms with van der Waals surface area (Å²) in [5.74, 6) is 0.362. The van der Waals surface area contributed by atoms with Crippen LogP contribution in [0.15, 0.2) is 75.4 Å². The summed E-state index contributed by atoms with van der Waals surface area (Å²) < 4.78 is 33.7. The number of aromatic nitrogens is 2. The minimum absolute atomic E-state index is 0.0999. The van der Waals surface area contributed by atoms with Crippen LogP contribution in [0.2, 0.25) is 5.02 Å². The van der Waals surface area contributed by atoms with Crippen molar-refractivity contribution < 1.29 is 13.2 Å². The third kappa shape index (κ3) is 4.56. The number of aryl methyl sites for hydroxylation is 2. The fourth-order valence-corrected chi connectivity index (χ4v) is 4.74. The molecular formula is C26H20ClN3O4S. The van der Waals surface area contributed by atoms with E-state index in [-0.39, 0.29) is 16.3 Å². The lowest BCUT2D eigenvalue weighted by molar-refractivity contribution is 0.457. The molecule has 0 aliphatic rings. The highest BCUT2D eigenvalue weighted by atomic mass is 35.5. The third-order valence-corrected chi connectivity index (χ3v) is 7.54. The molecule has 0 amide bonds. The van der Waals surface area contributed by atoms with Crippen LogP contribution in [0, 0.1) is 32.1 Å². The highest BCUT2D eigenvalue weighted by Gasteiger charge is 2.24. The first-order valence-corrected chi connectivity index (χ1v) is 12.4. The fraction of sp³-hybridized carbons (Fsp3) is 0.115. The summed E-state index contributed by atoms with van der Waals surface area (Å²) in [7, 11) is -4.24. The second-order valence-electron chi connectivity index (χ2n) is 7.90. The number of ether oxygens (including phenoxy) is 1. The van der Waals surface area contributed by atoms with Crippen LogP contribution >= 0.6 is 11.6 Å². The predicted molar refractivity (Wildman–Crippen MR) is 134 cm³/mol. The number of allylic oxidation sites excluding steroid dienone is 1. The minimum atomic E-state index is -4.24. The largest absolute Gasteiger partial charge is 0.438 e. The number of fused-ring (bicyclic) bond motifs is 1. The number of nitrogens with zero attached hydrogens (tertiary/aromatic N) is 3. The van der Waals surface area contributed by atoms with Gasteiger partial charge in [-0.1, -0.05) is 29.8 Å². The van der Waals surface area contributed by atoms with Gasteiger partial charge in [-0.3, -0.25) is 9.20 Å². The molecule has 2 heterocycles. The molecule has 0 radical (unpaired) electrons. The second-order valence-corrected chi connectivity index (χ2v) is 10.3. The Labute approximate surface area is 207 Å². The van der Waals surface area contributed by atoms with Gasteiger partial charge in [0, 0.05) is 11.2 Å². The Morgan fingerprint density at radius 2 is 1.74 bits per heavy atom. The van der Waals surface area contributed by atoms with Crippen LogP contribution in [0.25, 0.3) is 11.7 Å². The van der Waals surface area contributed by atoms with Gasteiger partial charge in [0.15, 0.2) is 0 Å². The smallest absolute Gasteiger partial charge is 0.269 e. The Hall–Kier alpha value is -3.93. The van der Waals surface area contributed by atoms with Gasteiger partial charge in [-0.25, -0.2) is 8.42 Å². The zero-order valence-electron chi connectivity index (χ0n) is 19.1. The highest BCUT2D eigenvalue weighted by molar-refractivity contribution is 7.95. The summed E-state index contributed by atoms with van der Waals surface area (Å²) in [6.07, 6.45) is 2.53. The lowest BCUT2D eigenvalue weighted by Gasteiger charge is -2.14. The van der Waals surface area contributed by atoms with Crippen molar-refractivity contribution in [2.45, 2.75) is 25.7 Å². The van der Waals surface area contributed by atoms with Crippen molar-refractivity contribution in [3.63, 3.8) is 0 Å². The van der Waals surface area contributed by atoms with Gasteiger partial charge in [-0.15, -0.1) is 0 Å². The standard InChI is InChI=1S/C26H20ClN3O4S/c1-16-6-4-8-23(18(16)3)34-25-22(26(31)30-13-5-7-17(2)24(30)29-25)14-21(15-28)35(32,33)20-11-9-19(27)10-12-20/h4-14H,1-3H3/b21-14-. The topological polar surface area (TPSA) is 102 Å². The van der Waals surface area contributed by atoms with Crippen LogP contribution in [0.4, 0.5) is 0 Å². The molecule has 35 heavy (non-hydrogen) atoms. The number of hydrogen-bond donors (Lipinski definition) is 0. The van der Waals surface area contributed by atoms with E-state index in [0.717, 1.165) is 22.8 Å². The van der Waals surface area contributed by atoms with E-state index in [0.29, 0.717) is 16.4 Å². The quantitative estimate of drug-likeness (QED) is 0.336. The average molecular weight is 506 g/mol. The van der Waals surface area contributed by atoms with E-state index in [2.05, 4.69) is 4.98 Å². The van der Waals surface area contributed by atoms with Gasteiger partial charge in [-0.05, 0) is 79.9 Å². The van der Waals surface area contributed by atoms with Crippen molar-refractivity contribution in [2.75, 3.05) is 0 Å². The third-order valence-electron chi connectivity index (χ3n) is 5.61. The molecule has 2 aromatic carbocycles. The molecule has 2 aromatic heterocycles. The molecular weight excluding hydrogens is 486 g/mol. The molecule has 0 unspecified atom stereocenters. The van der Waals surface area contributed by atoms with E-state index in [4.69, 9.17) is 16.3 Å². The number of sulfone groups is 1. The maximum Gasteiger partial charge on any atom is 0.269 e. The van der Waals surface area contributed by atoms with Crippen molar-refractivity contribution in [2.24, 2.45) is 0 Å². The molecule has 0 spiro atoms. The Bertz CT molecular complexity index is 1700. The van der Waals surface area contributed by atoms with Crippen LogP contribution in [0.5, 0.6) is 11.6 Å². The molecule has 176 valence electrons. The SMILES string of the molecule is Cc1cccc(Oc2nc3c(C)cccn3c(=O)c2/C=C(/C#N)S(=O)(=O)c2ccc(Cl)cc2)c1C. The number of pyridine rings is 1. The minimum Gasteiger partial charge on any atom is -0.438 e. The molecule has 0 saturated heterocycles. The van der Waals surface area contributed by atoms with E-state index in [1.54, 1.807) is 37.3 Å². The van der Waals surface area contributed by atoms with Crippen LogP contribution in [-0.2, 0) is 9.84 Å². The van der Waals surface area contributed by atoms with E-state index in [1.807, 2.05) is 19.9 Å². The molecule has 0 N–H and O–H groups in total. The molecule has 0 bridgehead atoms. The molecule has 4 aromatic rings. The average Bonchev–Trinajstić information content (AvgIpc) is 2.82. The first kappa shape index (κ1) is 24.2. The van der Waals surface area contributed by atoms with Crippen LogP contribution in [-0.4, -0.2) is 17.8 Å². The van der Waals surface area contributed by atoms with Gasteiger partial charge in [0.25, 0.3) is 5.56 Å². The zero-order chi connectivity index (χ0) is 25.3. The Morgan fingerprint density at radius 3 is 2.43 bits per heavy atom. The van der Waals surface area contributed by atoms with Crippen LogP contribution in [0.1, 0.15) is 22.3 Å². The van der Waals surface area contributed by atoms with E-state index >= 15 is 0 Å². The number of hydrogen-bond acceptors (Lipinski definition) is 6. The van der Waals surface area contributed by atoms with Gasteiger partial charge in [-0.2, -0.15) is 10.2 Å². The molecule has 0 fully saturated rings. The molecule has 7 nitrogen and oxygen atoms in total. The summed E-state index contributed by atoms with van der Waals surface area (Å²) >= 11 is 5.87. The Kier molecular flexibility index (Phi) is 6.48. The first-order valence-electron chi connectivity index (χ1n) is 10.5. The number of nitriles is 1. The van der Waals surface area contributed by atoms with E-state index in [9.17, 15) is 18.5 Å². The number of halogens is 1. The van der Waals surface area contributed by atoms with Crippen molar-refractivity contribution in [3.8, 4) is 17.7 Å². The summed E-state index contributed by atoms with van der Waals surface area (Å²) in [6.45, 7) is 5.58. The van der Waals surface area contributed by atoms with Crippen molar-refractivity contribution in [1.82, 2.24) is 9.38 Å². The first-order chi connectivity index (χ1) is 16.6. The summed E-state index contributed by atoms with van der Waals surface area (Å²) in [5.41, 5.74) is 2.15. The van der Waals surface area contributed by atoms with Gasteiger partial charge in [0.2, 0.25) is 15.7 Å². The predicted octanol–water partition coefficient (Wildman–Crippen LogP) is 5.40. The van der Waals surface area contributed by atoms with Crippen molar-refractivity contribution in [3.05, 3.63) is 103 Å². The molecule has 9 heteroatoms. The lowest BCUT2D eigenvalue weighted by atomic mass is 10.1. The fourth-order valence-electron chi connectivity index (χ4n) is 3.47. The van der Waals surface area contributed by atoms with E-state index < -0.39 is 20.3 Å². The Morgan fingerprint density at radius 1 is 1.06 bits per heavy atom. The number of rotatable bonds is 5. The molecule has 0 atom stereocenters. The van der Waals surface area contributed by atoms with Gasteiger partial charge >= 0.3 is 0 Å². The maximum absolute atomic E-state index is 13.5. The number of benzene rings is 2. The molecule has 0 aliphatic heterocycles. The summed E-state index contributed by atoms with van der Waals surface area (Å²) in [4.78, 5) is 17.3. The molecule has 0 saturated carbocycles. The summed E-state index contributed by atoms with van der Waals surface area (Å²) in [6, 6.07) is 16.1. The van der Waals surface area contributed by atoms with E-state index in [1.165, 1.54) is 34.9 Å². The van der Waals surface area contributed by atoms with Crippen molar-refractivity contribution >= 4 is 33.2 Å². The van der Waals surface area contributed by atoms with Crippen LogP contribution in [0.3, 0.4) is 0 Å². The van der Waals surface area contributed by atoms with Gasteiger partial charge < -0.3 is 4.74 Å². The van der Waals surface area contributed by atoms with Crippen LogP contribution < -0.4 is 10.3 Å². The van der Waals surface area contributed by atoms with Crippen molar-refractivity contribution in [1.29, 1.82) is 5.26 Å². The normalized spacial score (nSPS) is 11.9. The maximum atomic E-state index is 13.5.